The number of hydrogen-bond acceptors (Lipinski definition) is 3. The summed E-state index contributed by atoms with van der Waals surface area (Å²) in [7, 11) is 0. The molecule has 0 unspecified atom stereocenters. The van der Waals surface area contributed by atoms with Crippen molar-refractivity contribution in [1.82, 2.24) is 4.90 Å². The zero-order valence-corrected chi connectivity index (χ0v) is 18.6. The van der Waals surface area contributed by atoms with Crippen molar-refractivity contribution in [3.05, 3.63) is 83.6 Å². The van der Waals surface area contributed by atoms with E-state index in [4.69, 9.17) is 9.47 Å². The van der Waals surface area contributed by atoms with Gasteiger partial charge in [-0.1, -0.05) is 0 Å². The predicted octanol–water partition coefficient (Wildman–Crippen LogP) is 5.10. The zero-order chi connectivity index (χ0) is 20.4. The van der Waals surface area contributed by atoms with Crippen molar-refractivity contribution in [2.75, 3.05) is 13.2 Å². The molecule has 4 heteroatoms. The third kappa shape index (κ3) is 7.04. The molecular weight excluding hydrogens is 386 g/mol. The van der Waals surface area contributed by atoms with Crippen molar-refractivity contribution in [2.24, 2.45) is 0 Å². The normalized spacial score (nSPS) is 12.1. The molecule has 0 spiro atoms. The minimum absolute atomic E-state index is 0.454. The van der Waals surface area contributed by atoms with Gasteiger partial charge in [0.25, 0.3) is 0 Å². The van der Waals surface area contributed by atoms with Crippen LogP contribution in [0, 0.1) is 0 Å². The van der Waals surface area contributed by atoms with E-state index in [1.807, 2.05) is 26.0 Å². The van der Waals surface area contributed by atoms with E-state index in [1.54, 1.807) is 0 Å². The van der Waals surface area contributed by atoms with E-state index in [2.05, 4.69) is 89.2 Å². The topological polar surface area (TPSA) is 21.7 Å². The molecular formula is C24H31CrNO2. The van der Waals surface area contributed by atoms with Crippen LogP contribution in [-0.4, -0.2) is 28.3 Å². The standard InChI is InChI=1S/C24H31NO2.Cr/c1-5-26-18-17-23(24(3,4)27-6-2)25(19-21-13-9-7-10-14-21)20-22-15-11-8-12-16-22;/h7-17H,5-6,19-20H2,1-4H3;/b23-17-;. The monoisotopic (exact) mass is 417 g/mol. The fraction of sp³-hybridized carbons (Fsp3) is 0.375. The second-order valence-electron chi connectivity index (χ2n) is 7.05. The molecule has 0 aliphatic rings. The first-order valence-corrected chi connectivity index (χ1v) is 10.5. The first-order chi connectivity index (χ1) is 13.5. The summed E-state index contributed by atoms with van der Waals surface area (Å²) in [6.07, 6.45) is 2.07. The van der Waals surface area contributed by atoms with Gasteiger partial charge in [-0.25, -0.2) is 0 Å². The van der Waals surface area contributed by atoms with Crippen LogP contribution in [0.3, 0.4) is 0 Å². The molecule has 0 bridgehead atoms. The average molecular weight is 418 g/mol. The average Bonchev–Trinajstić information content (AvgIpc) is 2.67. The predicted molar refractivity (Wildman–Crippen MR) is 113 cm³/mol. The van der Waals surface area contributed by atoms with Crippen LogP contribution in [0.1, 0.15) is 38.8 Å². The molecule has 0 aromatic heterocycles. The summed E-state index contributed by atoms with van der Waals surface area (Å²) in [5.41, 5.74) is 3.15. The van der Waals surface area contributed by atoms with Gasteiger partial charge in [-0.3, -0.25) is 0 Å². The van der Waals surface area contributed by atoms with Crippen LogP contribution in [0.15, 0.2) is 72.4 Å². The van der Waals surface area contributed by atoms with Crippen LogP contribution in [0.4, 0.5) is 0 Å². The Morgan fingerprint density at radius 1 is 0.893 bits per heavy atom. The van der Waals surface area contributed by atoms with E-state index in [1.165, 1.54) is 11.1 Å². The number of hydrogen-bond donors (Lipinski definition) is 0. The Morgan fingerprint density at radius 2 is 1.39 bits per heavy atom. The van der Waals surface area contributed by atoms with Gasteiger partial charge in [-0.2, -0.15) is 0 Å². The summed E-state index contributed by atoms with van der Waals surface area (Å²) in [6.45, 7) is 11.1. The van der Waals surface area contributed by atoms with Gasteiger partial charge >= 0.3 is 178 Å². The fourth-order valence-corrected chi connectivity index (χ4v) is 3.57. The maximum atomic E-state index is 6.13. The van der Waals surface area contributed by atoms with Gasteiger partial charge < -0.3 is 0 Å². The minimum atomic E-state index is -0.454. The van der Waals surface area contributed by atoms with E-state index < -0.39 is 5.60 Å². The van der Waals surface area contributed by atoms with Crippen LogP contribution in [-0.2, 0) is 38.4 Å². The molecule has 0 aliphatic carbocycles. The van der Waals surface area contributed by atoms with Crippen LogP contribution in [0.2, 0.25) is 0 Å². The molecule has 0 saturated heterocycles. The summed E-state index contributed by atoms with van der Waals surface area (Å²) in [5, 5.41) is 0. The molecule has 0 atom stereocenters. The van der Waals surface area contributed by atoms with Gasteiger partial charge in [0.05, 0.1) is 0 Å². The van der Waals surface area contributed by atoms with E-state index in [-0.39, 0.29) is 0 Å². The van der Waals surface area contributed by atoms with E-state index in [9.17, 15) is 0 Å². The molecule has 2 rings (SSSR count). The molecule has 0 amide bonds. The van der Waals surface area contributed by atoms with Crippen molar-refractivity contribution in [3.63, 3.8) is 0 Å². The molecule has 0 fully saturated rings. The van der Waals surface area contributed by atoms with Gasteiger partial charge in [-0.05, 0) is 0 Å². The number of ether oxygens (including phenoxy) is 2. The van der Waals surface area contributed by atoms with Gasteiger partial charge in [0.2, 0.25) is 0 Å². The Bertz CT molecular complexity index is 715. The van der Waals surface area contributed by atoms with Crippen molar-refractivity contribution in [2.45, 2.75) is 46.4 Å². The van der Waals surface area contributed by atoms with Gasteiger partial charge in [0, 0.05) is 0 Å². The Hall–Kier alpha value is -1.70. The molecule has 2 aromatic carbocycles. The van der Waals surface area contributed by atoms with Gasteiger partial charge in [0.15, 0.2) is 0 Å². The molecule has 0 aliphatic heterocycles. The van der Waals surface area contributed by atoms with Gasteiger partial charge in [0.1, 0.15) is 0 Å². The summed E-state index contributed by atoms with van der Waals surface area (Å²) >= 11 is 3.04. The van der Waals surface area contributed by atoms with Crippen molar-refractivity contribution < 1.29 is 25.3 Å². The molecule has 0 heterocycles. The number of rotatable bonds is 11. The van der Waals surface area contributed by atoms with E-state index in [0.717, 1.165) is 23.4 Å². The SMILES string of the molecule is CCO[C](=[Cr])/C=C(\N(Cc1ccccc1)Cc1ccccc1)C(C)(C)OCC. The molecule has 0 saturated carbocycles. The Balaban J connectivity index is 2.44. The van der Waals surface area contributed by atoms with Crippen molar-refractivity contribution in [1.29, 1.82) is 0 Å². The first kappa shape index (κ1) is 22.6. The summed E-state index contributed by atoms with van der Waals surface area (Å²) in [4.78, 5) is 2.37. The maximum absolute atomic E-state index is 6.13. The third-order valence-corrected chi connectivity index (χ3v) is 4.80. The fourth-order valence-electron chi connectivity index (χ4n) is 3.21. The Morgan fingerprint density at radius 3 is 1.82 bits per heavy atom. The van der Waals surface area contributed by atoms with Crippen molar-refractivity contribution in [3.8, 4) is 0 Å². The summed E-state index contributed by atoms with van der Waals surface area (Å²) < 4.78 is 12.6. The van der Waals surface area contributed by atoms with E-state index in [0.29, 0.717) is 13.2 Å². The second-order valence-corrected chi connectivity index (χ2v) is 7.68. The van der Waals surface area contributed by atoms with Crippen LogP contribution in [0.25, 0.3) is 0 Å². The van der Waals surface area contributed by atoms with Crippen LogP contribution in [0.5, 0.6) is 0 Å². The number of benzene rings is 2. The zero-order valence-electron chi connectivity index (χ0n) is 17.4. The molecule has 3 nitrogen and oxygen atoms in total. The van der Waals surface area contributed by atoms with Gasteiger partial charge in [-0.15, -0.1) is 0 Å². The summed E-state index contributed by atoms with van der Waals surface area (Å²) in [6, 6.07) is 21.1. The molecule has 150 valence electrons. The number of nitrogens with zero attached hydrogens (tertiary/aromatic N) is 1. The van der Waals surface area contributed by atoms with Crippen LogP contribution < -0.4 is 0 Å². The summed E-state index contributed by atoms with van der Waals surface area (Å²) in [5.74, 6) is 0. The third-order valence-electron chi connectivity index (χ3n) is 4.44. The van der Waals surface area contributed by atoms with Crippen LogP contribution >= 0.6 is 0 Å². The Labute approximate surface area is 177 Å². The molecule has 2 aromatic rings. The molecule has 28 heavy (non-hydrogen) atoms. The first-order valence-electron chi connectivity index (χ1n) is 9.82. The quantitative estimate of drug-likeness (QED) is 0.508. The van der Waals surface area contributed by atoms with E-state index >= 15 is 0 Å². The Kier molecular flexibility index (Phi) is 9.15. The van der Waals surface area contributed by atoms with Crippen molar-refractivity contribution >= 4 is 4.57 Å². The molecule has 0 N–H and O–H groups in total. The second kappa shape index (κ2) is 11.3. The molecule has 0 radical (unpaired) electrons.